The van der Waals surface area contributed by atoms with Crippen molar-refractivity contribution in [3.05, 3.63) is 46.9 Å². The molecule has 0 spiro atoms. The number of ether oxygens (including phenoxy) is 1. The van der Waals surface area contributed by atoms with Crippen LogP contribution in [-0.2, 0) is 4.74 Å². The third kappa shape index (κ3) is 2.97. The smallest absolute Gasteiger partial charge is 0.340 e. The molecule has 0 bridgehead atoms. The third-order valence-electron chi connectivity index (χ3n) is 2.52. The Hall–Kier alpha value is -2.34. The van der Waals surface area contributed by atoms with Gasteiger partial charge < -0.3 is 15.8 Å². The summed E-state index contributed by atoms with van der Waals surface area (Å²) in [4.78, 5) is 15.5. The minimum atomic E-state index is -0.578. The van der Waals surface area contributed by atoms with Gasteiger partial charge in [-0.2, -0.15) is 0 Å². The van der Waals surface area contributed by atoms with Gasteiger partial charge in [-0.25, -0.2) is 14.2 Å². The van der Waals surface area contributed by atoms with E-state index in [9.17, 15) is 9.18 Å². The number of halogens is 2. The van der Waals surface area contributed by atoms with E-state index in [4.69, 9.17) is 17.3 Å². The molecular formula is C13H11ClFN3O2. The van der Waals surface area contributed by atoms with Gasteiger partial charge in [-0.3, -0.25) is 0 Å². The second kappa shape index (κ2) is 5.75. The number of benzene rings is 1. The van der Waals surface area contributed by atoms with E-state index in [2.05, 4.69) is 15.0 Å². The lowest BCUT2D eigenvalue weighted by Gasteiger charge is -2.11. The van der Waals surface area contributed by atoms with E-state index < -0.39 is 11.8 Å². The van der Waals surface area contributed by atoms with E-state index in [1.54, 1.807) is 0 Å². The second-order valence-electron chi connectivity index (χ2n) is 3.90. The molecule has 5 nitrogen and oxygen atoms in total. The fraction of sp³-hybridized carbons (Fsp3) is 0.0769. The van der Waals surface area contributed by atoms with Gasteiger partial charge in [0.25, 0.3) is 0 Å². The van der Waals surface area contributed by atoms with Crippen molar-refractivity contribution in [3.63, 3.8) is 0 Å². The number of carbonyl (C=O) groups excluding carboxylic acids is 1. The van der Waals surface area contributed by atoms with Crippen LogP contribution < -0.4 is 11.1 Å². The normalized spacial score (nSPS) is 10.2. The molecule has 0 fully saturated rings. The van der Waals surface area contributed by atoms with Gasteiger partial charge in [-0.1, -0.05) is 11.6 Å². The van der Waals surface area contributed by atoms with Gasteiger partial charge in [0.05, 0.1) is 18.4 Å². The number of nitrogens with one attached hydrogen (secondary N) is 1. The Balaban J connectivity index is 2.36. The van der Waals surface area contributed by atoms with Gasteiger partial charge in [-0.05, 0) is 24.3 Å². The molecule has 0 saturated heterocycles. The number of esters is 1. The Morgan fingerprint density at radius 1 is 1.45 bits per heavy atom. The summed E-state index contributed by atoms with van der Waals surface area (Å²) in [5, 5.41) is 3.04. The van der Waals surface area contributed by atoms with Crippen molar-refractivity contribution in [3.8, 4) is 0 Å². The average molecular weight is 296 g/mol. The Morgan fingerprint density at radius 3 is 2.85 bits per heavy atom. The minimum absolute atomic E-state index is 0.111. The van der Waals surface area contributed by atoms with Crippen LogP contribution in [0.4, 0.5) is 21.6 Å². The number of pyridine rings is 1. The number of aromatic nitrogens is 1. The molecule has 1 aromatic heterocycles. The summed E-state index contributed by atoms with van der Waals surface area (Å²) in [5.74, 6) is -0.859. The number of hydrogen-bond acceptors (Lipinski definition) is 5. The van der Waals surface area contributed by atoms with E-state index in [-0.39, 0.29) is 22.1 Å². The van der Waals surface area contributed by atoms with Crippen LogP contribution in [0.5, 0.6) is 0 Å². The largest absolute Gasteiger partial charge is 0.465 e. The maximum absolute atomic E-state index is 13.2. The van der Waals surface area contributed by atoms with E-state index in [0.717, 1.165) is 0 Å². The van der Waals surface area contributed by atoms with Gasteiger partial charge in [0.15, 0.2) is 5.82 Å². The maximum Gasteiger partial charge on any atom is 0.340 e. The zero-order chi connectivity index (χ0) is 14.7. The zero-order valence-electron chi connectivity index (χ0n) is 10.5. The SMILES string of the molecule is COC(=O)c1ccnc(Nc2cc(F)cc(Cl)c2)c1N. The highest BCUT2D eigenvalue weighted by atomic mass is 35.5. The lowest BCUT2D eigenvalue weighted by atomic mass is 10.2. The summed E-state index contributed by atoms with van der Waals surface area (Å²) in [5.41, 5.74) is 6.49. The monoisotopic (exact) mass is 295 g/mol. The zero-order valence-corrected chi connectivity index (χ0v) is 11.2. The molecule has 0 aliphatic rings. The molecule has 20 heavy (non-hydrogen) atoms. The lowest BCUT2D eigenvalue weighted by Crippen LogP contribution is -2.09. The van der Waals surface area contributed by atoms with Crippen LogP contribution in [-0.4, -0.2) is 18.1 Å². The summed E-state index contributed by atoms with van der Waals surface area (Å²) in [6.45, 7) is 0. The van der Waals surface area contributed by atoms with Crippen LogP contribution in [0.15, 0.2) is 30.5 Å². The highest BCUT2D eigenvalue weighted by Gasteiger charge is 2.14. The van der Waals surface area contributed by atoms with Crippen LogP contribution >= 0.6 is 11.6 Å². The van der Waals surface area contributed by atoms with Crippen molar-refractivity contribution < 1.29 is 13.9 Å². The third-order valence-corrected chi connectivity index (χ3v) is 2.74. The van der Waals surface area contributed by atoms with Crippen molar-refractivity contribution in [2.75, 3.05) is 18.2 Å². The van der Waals surface area contributed by atoms with Crippen molar-refractivity contribution >= 4 is 34.8 Å². The van der Waals surface area contributed by atoms with Crippen molar-refractivity contribution in [1.29, 1.82) is 0 Å². The molecule has 0 aliphatic carbocycles. The molecule has 0 atom stereocenters. The van der Waals surface area contributed by atoms with Crippen LogP contribution in [0, 0.1) is 5.82 Å². The highest BCUT2D eigenvalue weighted by Crippen LogP contribution is 2.26. The average Bonchev–Trinajstić information content (AvgIpc) is 2.39. The first-order chi connectivity index (χ1) is 9.51. The second-order valence-corrected chi connectivity index (χ2v) is 4.33. The van der Waals surface area contributed by atoms with Gasteiger partial charge in [0, 0.05) is 16.9 Å². The van der Waals surface area contributed by atoms with Gasteiger partial charge >= 0.3 is 5.97 Å². The number of carbonyl (C=O) groups is 1. The summed E-state index contributed by atoms with van der Waals surface area (Å²) >= 11 is 5.75. The molecule has 0 radical (unpaired) electrons. The Morgan fingerprint density at radius 2 is 2.20 bits per heavy atom. The first-order valence-corrected chi connectivity index (χ1v) is 5.95. The van der Waals surface area contributed by atoms with E-state index in [1.165, 1.54) is 37.6 Å². The number of nitrogens with two attached hydrogens (primary N) is 1. The summed E-state index contributed by atoms with van der Waals surface area (Å²) in [6, 6.07) is 5.35. The number of nitrogen functional groups attached to an aromatic ring is 1. The van der Waals surface area contributed by atoms with Crippen LogP contribution in [0.3, 0.4) is 0 Å². The van der Waals surface area contributed by atoms with Gasteiger partial charge in [-0.15, -0.1) is 0 Å². The van der Waals surface area contributed by atoms with E-state index >= 15 is 0 Å². The molecule has 0 saturated carbocycles. The standard InChI is InChI=1S/C13H11ClFN3O2/c1-20-13(19)10-2-3-17-12(11(10)16)18-9-5-7(14)4-8(15)6-9/h2-6H,16H2,1H3,(H,17,18). The predicted molar refractivity (Wildman–Crippen MR) is 74.7 cm³/mol. The Labute approximate surface area is 119 Å². The molecule has 0 aliphatic heterocycles. The number of anilines is 3. The molecule has 2 aromatic rings. The number of rotatable bonds is 3. The first-order valence-electron chi connectivity index (χ1n) is 5.57. The molecule has 0 unspecified atom stereocenters. The van der Waals surface area contributed by atoms with Crippen molar-refractivity contribution in [1.82, 2.24) is 4.98 Å². The Kier molecular flexibility index (Phi) is 4.05. The maximum atomic E-state index is 13.2. The molecule has 7 heteroatoms. The van der Waals surface area contributed by atoms with Gasteiger partial charge in [0.2, 0.25) is 0 Å². The highest BCUT2D eigenvalue weighted by molar-refractivity contribution is 6.30. The summed E-state index contributed by atoms with van der Waals surface area (Å²) < 4.78 is 17.8. The van der Waals surface area contributed by atoms with Gasteiger partial charge in [0.1, 0.15) is 5.82 Å². The van der Waals surface area contributed by atoms with Crippen LogP contribution in [0.2, 0.25) is 5.02 Å². The Bertz CT molecular complexity index is 644. The van der Waals surface area contributed by atoms with Crippen molar-refractivity contribution in [2.24, 2.45) is 0 Å². The topological polar surface area (TPSA) is 77.2 Å². The van der Waals surface area contributed by atoms with Crippen molar-refractivity contribution in [2.45, 2.75) is 0 Å². The predicted octanol–water partition coefficient (Wildman–Crippen LogP) is 2.99. The lowest BCUT2D eigenvalue weighted by molar-refractivity contribution is 0.0602. The quantitative estimate of drug-likeness (QED) is 0.851. The summed E-state index contributed by atoms with van der Waals surface area (Å²) in [6.07, 6.45) is 1.39. The molecule has 104 valence electrons. The fourth-order valence-corrected chi connectivity index (χ4v) is 1.85. The first kappa shape index (κ1) is 14.1. The fourth-order valence-electron chi connectivity index (χ4n) is 1.62. The minimum Gasteiger partial charge on any atom is -0.465 e. The van der Waals surface area contributed by atoms with E-state index in [0.29, 0.717) is 5.69 Å². The van der Waals surface area contributed by atoms with E-state index in [1.807, 2.05) is 0 Å². The van der Waals surface area contributed by atoms with Crippen LogP contribution in [0.25, 0.3) is 0 Å². The number of methoxy groups -OCH3 is 1. The molecular weight excluding hydrogens is 285 g/mol. The number of nitrogens with zero attached hydrogens (tertiary/aromatic N) is 1. The molecule has 3 N–H and O–H groups in total. The molecule has 0 amide bonds. The van der Waals surface area contributed by atoms with Crippen LogP contribution in [0.1, 0.15) is 10.4 Å². The molecule has 1 heterocycles. The number of hydrogen-bond donors (Lipinski definition) is 2. The molecule has 2 rings (SSSR count). The molecule has 1 aromatic carbocycles. The summed E-state index contributed by atoms with van der Waals surface area (Å²) in [7, 11) is 1.25.